The van der Waals surface area contributed by atoms with Crippen molar-refractivity contribution in [3.05, 3.63) is 35.6 Å². The summed E-state index contributed by atoms with van der Waals surface area (Å²) in [5.41, 5.74) is 0.801. The first-order valence-electron chi connectivity index (χ1n) is 6.10. The van der Waals surface area contributed by atoms with Crippen LogP contribution in [0.3, 0.4) is 0 Å². The topological polar surface area (TPSA) is 44.4 Å². The maximum Gasteiger partial charge on any atom is 0.241 e. The SMILES string of the molecule is CN(Cc1cccc(F)c1)C(=O)C1CNCCN1. The number of carbonyl (C=O) groups excluding carboxylic acids is 1. The molecule has 5 heteroatoms. The highest BCUT2D eigenvalue weighted by molar-refractivity contribution is 5.82. The van der Waals surface area contributed by atoms with Crippen LogP contribution >= 0.6 is 0 Å². The molecule has 1 saturated heterocycles. The fourth-order valence-electron chi connectivity index (χ4n) is 2.08. The van der Waals surface area contributed by atoms with Crippen molar-refractivity contribution in [2.24, 2.45) is 0 Å². The molecule has 2 rings (SSSR count). The summed E-state index contributed by atoms with van der Waals surface area (Å²) in [6.45, 7) is 2.75. The normalized spacial score (nSPS) is 19.6. The predicted octanol–water partition coefficient (Wildman–Crippen LogP) is 0.346. The van der Waals surface area contributed by atoms with Crippen LogP contribution in [-0.2, 0) is 11.3 Å². The van der Waals surface area contributed by atoms with E-state index >= 15 is 0 Å². The van der Waals surface area contributed by atoms with Crippen LogP contribution in [0, 0.1) is 5.82 Å². The molecular formula is C13H18FN3O. The van der Waals surface area contributed by atoms with Crippen LogP contribution in [-0.4, -0.2) is 43.5 Å². The van der Waals surface area contributed by atoms with Gasteiger partial charge in [-0.05, 0) is 17.7 Å². The summed E-state index contributed by atoms with van der Waals surface area (Å²) in [6, 6.07) is 6.15. The first kappa shape index (κ1) is 13.0. The standard InChI is InChI=1S/C13H18FN3O/c1-17(9-10-3-2-4-11(14)7-10)13(18)12-8-15-5-6-16-12/h2-4,7,12,15-16H,5-6,8-9H2,1H3. The molecular weight excluding hydrogens is 233 g/mol. The fourth-order valence-corrected chi connectivity index (χ4v) is 2.08. The summed E-state index contributed by atoms with van der Waals surface area (Å²) in [7, 11) is 1.74. The largest absolute Gasteiger partial charge is 0.340 e. The number of nitrogens with zero attached hydrogens (tertiary/aromatic N) is 1. The number of piperazine rings is 1. The minimum Gasteiger partial charge on any atom is -0.340 e. The Labute approximate surface area is 106 Å². The smallest absolute Gasteiger partial charge is 0.241 e. The van der Waals surface area contributed by atoms with Gasteiger partial charge in [-0.15, -0.1) is 0 Å². The lowest BCUT2D eigenvalue weighted by molar-refractivity contribution is -0.132. The molecule has 1 aromatic rings. The quantitative estimate of drug-likeness (QED) is 0.814. The molecule has 0 saturated carbocycles. The molecule has 0 aliphatic carbocycles. The van der Waals surface area contributed by atoms with Crippen molar-refractivity contribution in [2.45, 2.75) is 12.6 Å². The average Bonchev–Trinajstić information content (AvgIpc) is 2.39. The number of hydrogen-bond acceptors (Lipinski definition) is 3. The predicted molar refractivity (Wildman–Crippen MR) is 67.5 cm³/mol. The Morgan fingerprint density at radius 3 is 3.00 bits per heavy atom. The zero-order valence-corrected chi connectivity index (χ0v) is 10.4. The van der Waals surface area contributed by atoms with Crippen LogP contribution < -0.4 is 10.6 Å². The summed E-state index contributed by atoms with van der Waals surface area (Å²) in [6.07, 6.45) is 0. The van der Waals surface area contributed by atoms with E-state index in [9.17, 15) is 9.18 Å². The van der Waals surface area contributed by atoms with E-state index in [2.05, 4.69) is 10.6 Å². The minimum absolute atomic E-state index is 0.0338. The fraction of sp³-hybridized carbons (Fsp3) is 0.462. The highest BCUT2D eigenvalue weighted by Gasteiger charge is 2.23. The van der Waals surface area contributed by atoms with E-state index in [1.165, 1.54) is 12.1 Å². The molecule has 1 heterocycles. The van der Waals surface area contributed by atoms with Gasteiger partial charge in [-0.1, -0.05) is 12.1 Å². The van der Waals surface area contributed by atoms with Gasteiger partial charge in [0.1, 0.15) is 5.82 Å². The summed E-state index contributed by atoms with van der Waals surface area (Å²) in [4.78, 5) is 13.7. The zero-order valence-electron chi connectivity index (χ0n) is 10.4. The van der Waals surface area contributed by atoms with E-state index in [1.807, 2.05) is 6.07 Å². The Kier molecular flexibility index (Phi) is 4.28. The van der Waals surface area contributed by atoms with Crippen molar-refractivity contribution in [3.63, 3.8) is 0 Å². The second-order valence-corrected chi connectivity index (χ2v) is 4.54. The van der Waals surface area contributed by atoms with Gasteiger partial charge in [-0.25, -0.2) is 4.39 Å². The first-order valence-corrected chi connectivity index (χ1v) is 6.10. The highest BCUT2D eigenvalue weighted by Crippen LogP contribution is 2.07. The van der Waals surface area contributed by atoms with Gasteiger partial charge in [-0.3, -0.25) is 4.79 Å². The molecule has 0 bridgehead atoms. The van der Waals surface area contributed by atoms with Crippen LogP contribution in [0.2, 0.25) is 0 Å². The molecule has 1 fully saturated rings. The highest BCUT2D eigenvalue weighted by atomic mass is 19.1. The van der Waals surface area contributed by atoms with Crippen molar-refractivity contribution in [1.29, 1.82) is 0 Å². The number of likely N-dealkylation sites (N-methyl/N-ethyl adjacent to an activating group) is 1. The molecule has 1 unspecified atom stereocenters. The van der Waals surface area contributed by atoms with Crippen molar-refractivity contribution >= 4 is 5.91 Å². The van der Waals surface area contributed by atoms with Gasteiger partial charge < -0.3 is 15.5 Å². The van der Waals surface area contributed by atoms with Crippen molar-refractivity contribution in [3.8, 4) is 0 Å². The monoisotopic (exact) mass is 251 g/mol. The number of benzene rings is 1. The van der Waals surface area contributed by atoms with Gasteiger partial charge in [-0.2, -0.15) is 0 Å². The Balaban J connectivity index is 1.94. The van der Waals surface area contributed by atoms with Crippen LogP contribution in [0.25, 0.3) is 0 Å². The van der Waals surface area contributed by atoms with Gasteiger partial charge in [0, 0.05) is 33.2 Å². The Morgan fingerprint density at radius 1 is 1.50 bits per heavy atom. The van der Waals surface area contributed by atoms with Crippen LogP contribution in [0.4, 0.5) is 4.39 Å². The second-order valence-electron chi connectivity index (χ2n) is 4.54. The number of amides is 1. The van der Waals surface area contributed by atoms with Gasteiger partial charge >= 0.3 is 0 Å². The van der Waals surface area contributed by atoms with E-state index in [1.54, 1.807) is 18.0 Å². The van der Waals surface area contributed by atoms with Crippen LogP contribution in [0.5, 0.6) is 0 Å². The number of carbonyl (C=O) groups is 1. The number of halogens is 1. The molecule has 0 radical (unpaired) electrons. The van der Waals surface area contributed by atoms with Crippen molar-refractivity contribution in [2.75, 3.05) is 26.7 Å². The summed E-state index contributed by atoms with van der Waals surface area (Å²) in [5.74, 6) is -0.239. The molecule has 2 N–H and O–H groups in total. The average molecular weight is 251 g/mol. The lowest BCUT2D eigenvalue weighted by Gasteiger charge is -2.28. The third kappa shape index (κ3) is 3.27. The molecule has 1 amide bonds. The van der Waals surface area contributed by atoms with E-state index in [0.717, 1.165) is 18.7 Å². The molecule has 1 aliphatic rings. The number of hydrogen-bond donors (Lipinski definition) is 2. The van der Waals surface area contributed by atoms with E-state index < -0.39 is 0 Å². The lowest BCUT2D eigenvalue weighted by Crippen LogP contribution is -2.55. The van der Waals surface area contributed by atoms with Crippen LogP contribution in [0.15, 0.2) is 24.3 Å². The molecule has 0 spiro atoms. The third-order valence-electron chi connectivity index (χ3n) is 3.02. The van der Waals surface area contributed by atoms with Gasteiger partial charge in [0.25, 0.3) is 0 Å². The lowest BCUT2D eigenvalue weighted by atomic mass is 10.1. The van der Waals surface area contributed by atoms with E-state index in [0.29, 0.717) is 13.1 Å². The molecule has 1 atom stereocenters. The minimum atomic E-state index is -0.272. The van der Waals surface area contributed by atoms with Crippen molar-refractivity contribution < 1.29 is 9.18 Å². The molecule has 1 aliphatic heterocycles. The summed E-state index contributed by atoms with van der Waals surface area (Å²) in [5, 5.41) is 6.34. The second kappa shape index (κ2) is 5.93. The third-order valence-corrected chi connectivity index (χ3v) is 3.02. The first-order chi connectivity index (χ1) is 8.66. The van der Waals surface area contributed by atoms with Gasteiger partial charge in [0.2, 0.25) is 5.91 Å². The van der Waals surface area contributed by atoms with Gasteiger partial charge in [0.15, 0.2) is 0 Å². The number of rotatable bonds is 3. The molecule has 0 aromatic heterocycles. The molecule has 4 nitrogen and oxygen atoms in total. The zero-order chi connectivity index (χ0) is 13.0. The van der Waals surface area contributed by atoms with E-state index in [-0.39, 0.29) is 17.8 Å². The Hall–Kier alpha value is -1.46. The molecule has 1 aromatic carbocycles. The van der Waals surface area contributed by atoms with Gasteiger partial charge in [0.05, 0.1) is 6.04 Å². The maximum atomic E-state index is 13.0. The van der Waals surface area contributed by atoms with E-state index in [4.69, 9.17) is 0 Å². The Bertz CT molecular complexity index is 418. The van der Waals surface area contributed by atoms with Crippen molar-refractivity contribution in [1.82, 2.24) is 15.5 Å². The Morgan fingerprint density at radius 2 is 2.33 bits per heavy atom. The summed E-state index contributed by atoms with van der Waals surface area (Å²) >= 11 is 0. The summed E-state index contributed by atoms with van der Waals surface area (Å²) < 4.78 is 13.0. The molecule has 98 valence electrons. The number of nitrogens with one attached hydrogen (secondary N) is 2. The van der Waals surface area contributed by atoms with Crippen LogP contribution in [0.1, 0.15) is 5.56 Å². The maximum absolute atomic E-state index is 13.0. The molecule has 18 heavy (non-hydrogen) atoms.